The molecule has 0 saturated carbocycles. The van der Waals surface area contributed by atoms with E-state index >= 15 is 0 Å². The standard InChI is InChI=1S/C31H39N3O4/c1-4-29(36)33-24-15-11-22(12-16-24)27(23-13-17-25(18-14-23)34-30(37)5-2)19-21(3)20-28(35)31(32)38-26-9-7-6-8-10-26/h6-18,21,27-28,31,35H,4-5,19-20,32H2,1-3H3,(H,33,36)(H,34,37)/t21?,28-,31?/m0/s1. The number of anilines is 2. The normalized spacial score (nSPS) is 13.4. The Kier molecular flexibility index (Phi) is 10.9. The minimum Gasteiger partial charge on any atom is -0.473 e. The maximum atomic E-state index is 11.8. The van der Waals surface area contributed by atoms with Crippen LogP contribution in [0.25, 0.3) is 0 Å². The fourth-order valence-electron chi connectivity index (χ4n) is 4.34. The first-order chi connectivity index (χ1) is 18.3. The van der Waals surface area contributed by atoms with Gasteiger partial charge in [0.25, 0.3) is 0 Å². The quantitative estimate of drug-likeness (QED) is 0.219. The number of nitrogens with two attached hydrogens (primary N) is 1. The lowest BCUT2D eigenvalue weighted by atomic mass is 9.82. The van der Waals surface area contributed by atoms with Crippen molar-refractivity contribution in [2.45, 2.75) is 64.7 Å². The van der Waals surface area contributed by atoms with E-state index in [0.29, 0.717) is 25.0 Å². The number of amides is 2. The monoisotopic (exact) mass is 517 g/mol. The van der Waals surface area contributed by atoms with Crippen molar-refractivity contribution >= 4 is 23.2 Å². The van der Waals surface area contributed by atoms with E-state index in [1.54, 1.807) is 0 Å². The molecule has 202 valence electrons. The molecule has 3 rings (SSSR count). The Labute approximate surface area is 225 Å². The summed E-state index contributed by atoms with van der Waals surface area (Å²) in [6, 6.07) is 25.0. The van der Waals surface area contributed by atoms with Gasteiger partial charge in [-0.15, -0.1) is 0 Å². The third-order valence-corrected chi connectivity index (χ3v) is 6.51. The maximum absolute atomic E-state index is 11.8. The highest BCUT2D eigenvalue weighted by Crippen LogP contribution is 2.34. The SMILES string of the molecule is CCC(=O)Nc1ccc(C(CC(C)C[C@H](O)C(N)Oc2ccccc2)c2ccc(NC(=O)CC)cc2)cc1. The average Bonchev–Trinajstić information content (AvgIpc) is 2.93. The second-order valence-electron chi connectivity index (χ2n) is 9.64. The zero-order valence-corrected chi connectivity index (χ0v) is 22.4. The highest BCUT2D eigenvalue weighted by Gasteiger charge is 2.24. The lowest BCUT2D eigenvalue weighted by Crippen LogP contribution is -2.40. The van der Waals surface area contributed by atoms with Gasteiger partial charge < -0.3 is 20.5 Å². The van der Waals surface area contributed by atoms with Crippen LogP contribution in [0.15, 0.2) is 78.9 Å². The number of hydrogen-bond acceptors (Lipinski definition) is 5. The number of hydrogen-bond donors (Lipinski definition) is 4. The largest absolute Gasteiger partial charge is 0.473 e. The molecule has 38 heavy (non-hydrogen) atoms. The van der Waals surface area contributed by atoms with Gasteiger partial charge in [-0.25, -0.2) is 0 Å². The predicted molar refractivity (Wildman–Crippen MR) is 152 cm³/mol. The van der Waals surface area contributed by atoms with E-state index in [1.807, 2.05) is 92.7 Å². The van der Waals surface area contributed by atoms with Crippen molar-refractivity contribution in [2.24, 2.45) is 11.7 Å². The number of benzene rings is 3. The molecule has 7 nitrogen and oxygen atoms in total. The van der Waals surface area contributed by atoms with Crippen molar-refractivity contribution in [1.82, 2.24) is 0 Å². The minimum atomic E-state index is -0.832. The van der Waals surface area contributed by atoms with E-state index in [4.69, 9.17) is 10.5 Å². The molecule has 3 atom stereocenters. The summed E-state index contributed by atoms with van der Waals surface area (Å²) in [5, 5.41) is 16.5. The Morgan fingerprint density at radius 3 is 1.71 bits per heavy atom. The van der Waals surface area contributed by atoms with Gasteiger partial charge >= 0.3 is 0 Å². The predicted octanol–water partition coefficient (Wildman–Crippen LogP) is 5.66. The van der Waals surface area contributed by atoms with Gasteiger partial charge in [-0.2, -0.15) is 0 Å². The number of carbonyl (C=O) groups excluding carboxylic acids is 2. The van der Waals surface area contributed by atoms with Crippen LogP contribution < -0.4 is 21.1 Å². The lowest BCUT2D eigenvalue weighted by molar-refractivity contribution is -0.116. The van der Waals surface area contributed by atoms with Crippen molar-refractivity contribution in [2.75, 3.05) is 10.6 Å². The van der Waals surface area contributed by atoms with Crippen molar-refractivity contribution in [3.63, 3.8) is 0 Å². The molecule has 0 aliphatic carbocycles. The summed E-state index contributed by atoms with van der Waals surface area (Å²) in [6.07, 6.45) is 0.406. The number of para-hydroxylation sites is 1. The molecular formula is C31H39N3O4. The first-order valence-corrected chi connectivity index (χ1v) is 13.2. The van der Waals surface area contributed by atoms with Crippen LogP contribution in [0.5, 0.6) is 5.75 Å². The highest BCUT2D eigenvalue weighted by atomic mass is 16.5. The molecule has 0 aliphatic rings. The van der Waals surface area contributed by atoms with E-state index in [9.17, 15) is 14.7 Å². The van der Waals surface area contributed by atoms with Gasteiger partial charge in [0.15, 0.2) is 6.23 Å². The molecule has 0 bridgehead atoms. The number of nitrogens with one attached hydrogen (secondary N) is 2. The van der Waals surface area contributed by atoms with Crippen molar-refractivity contribution in [3.05, 3.63) is 90.0 Å². The molecule has 0 spiro atoms. The molecule has 0 radical (unpaired) electrons. The van der Waals surface area contributed by atoms with E-state index < -0.39 is 12.3 Å². The Balaban J connectivity index is 1.75. The first-order valence-electron chi connectivity index (χ1n) is 13.2. The Hall–Kier alpha value is -3.68. The smallest absolute Gasteiger partial charge is 0.224 e. The molecule has 2 amide bonds. The summed E-state index contributed by atoms with van der Waals surface area (Å²) >= 11 is 0. The summed E-state index contributed by atoms with van der Waals surface area (Å²) in [4.78, 5) is 23.6. The number of aliphatic hydroxyl groups excluding tert-OH is 1. The molecule has 0 saturated heterocycles. The van der Waals surface area contributed by atoms with Crippen molar-refractivity contribution in [1.29, 1.82) is 0 Å². The van der Waals surface area contributed by atoms with Crippen LogP contribution in [0.1, 0.15) is 63.5 Å². The second-order valence-corrected chi connectivity index (χ2v) is 9.64. The second kappa shape index (κ2) is 14.3. The van der Waals surface area contributed by atoms with Crippen LogP contribution in [-0.2, 0) is 9.59 Å². The molecule has 7 heteroatoms. The molecule has 0 fully saturated rings. The van der Waals surface area contributed by atoms with Crippen LogP contribution in [0.2, 0.25) is 0 Å². The van der Waals surface area contributed by atoms with Crippen LogP contribution in [0.3, 0.4) is 0 Å². The topological polar surface area (TPSA) is 114 Å². The minimum absolute atomic E-state index is 0.0318. The first kappa shape index (κ1) is 28.9. The molecule has 3 aromatic carbocycles. The van der Waals surface area contributed by atoms with E-state index in [2.05, 4.69) is 17.6 Å². The van der Waals surface area contributed by atoms with Crippen LogP contribution in [-0.4, -0.2) is 29.3 Å². The highest BCUT2D eigenvalue weighted by molar-refractivity contribution is 5.91. The number of ether oxygens (including phenoxy) is 1. The third-order valence-electron chi connectivity index (χ3n) is 6.51. The molecular weight excluding hydrogens is 478 g/mol. The molecule has 0 aliphatic heterocycles. The number of carbonyl (C=O) groups is 2. The number of rotatable bonds is 13. The van der Waals surface area contributed by atoms with E-state index in [1.165, 1.54) is 0 Å². The van der Waals surface area contributed by atoms with E-state index in [-0.39, 0.29) is 23.7 Å². The van der Waals surface area contributed by atoms with Crippen molar-refractivity contribution in [3.8, 4) is 5.75 Å². The summed E-state index contributed by atoms with van der Waals surface area (Å²) < 4.78 is 5.72. The van der Waals surface area contributed by atoms with Crippen LogP contribution >= 0.6 is 0 Å². The summed E-state index contributed by atoms with van der Waals surface area (Å²) in [6.45, 7) is 5.73. The average molecular weight is 518 g/mol. The van der Waals surface area contributed by atoms with Crippen molar-refractivity contribution < 1.29 is 19.4 Å². The maximum Gasteiger partial charge on any atom is 0.224 e. The zero-order chi connectivity index (χ0) is 27.5. The van der Waals surface area contributed by atoms with Gasteiger partial charge in [0.05, 0.1) is 0 Å². The molecule has 0 heterocycles. The molecule has 3 aromatic rings. The molecule has 0 aromatic heterocycles. The van der Waals surface area contributed by atoms with Gasteiger partial charge in [-0.3, -0.25) is 15.3 Å². The van der Waals surface area contributed by atoms with Gasteiger partial charge in [0.2, 0.25) is 11.8 Å². The van der Waals surface area contributed by atoms with E-state index in [0.717, 1.165) is 28.9 Å². The zero-order valence-electron chi connectivity index (χ0n) is 22.4. The molecule has 5 N–H and O–H groups in total. The van der Waals surface area contributed by atoms with Gasteiger partial charge in [0, 0.05) is 30.1 Å². The van der Waals surface area contributed by atoms with Crippen LogP contribution in [0, 0.1) is 5.92 Å². The Bertz CT molecular complexity index is 1090. The number of aliphatic hydroxyl groups is 1. The fourth-order valence-corrected chi connectivity index (χ4v) is 4.34. The fraction of sp³-hybridized carbons (Fsp3) is 0.355. The van der Waals surface area contributed by atoms with Gasteiger partial charge in [-0.05, 0) is 66.3 Å². The Morgan fingerprint density at radius 1 is 0.789 bits per heavy atom. The Morgan fingerprint density at radius 2 is 1.26 bits per heavy atom. The van der Waals surface area contributed by atoms with Crippen LogP contribution in [0.4, 0.5) is 11.4 Å². The molecule has 2 unspecified atom stereocenters. The summed E-state index contributed by atoms with van der Waals surface area (Å²) in [5.74, 6) is 0.719. The summed E-state index contributed by atoms with van der Waals surface area (Å²) in [7, 11) is 0. The van der Waals surface area contributed by atoms with Gasteiger partial charge in [-0.1, -0.05) is 63.2 Å². The van der Waals surface area contributed by atoms with Gasteiger partial charge in [0.1, 0.15) is 11.9 Å². The summed E-state index contributed by atoms with van der Waals surface area (Å²) in [5.41, 5.74) is 9.84. The third kappa shape index (κ3) is 8.71. The lowest BCUT2D eigenvalue weighted by Gasteiger charge is -2.26.